The van der Waals surface area contributed by atoms with E-state index in [0.29, 0.717) is 13.1 Å². The zero-order chi connectivity index (χ0) is 19.0. The van der Waals surface area contributed by atoms with Crippen molar-refractivity contribution in [3.8, 4) is 0 Å². The van der Waals surface area contributed by atoms with Gasteiger partial charge in [-0.15, -0.1) is 0 Å². The number of aromatic nitrogens is 1. The summed E-state index contributed by atoms with van der Waals surface area (Å²) in [5.41, 5.74) is 2.86. The van der Waals surface area contributed by atoms with Crippen molar-refractivity contribution < 1.29 is 9.90 Å². The number of rotatable bonds is 5. The van der Waals surface area contributed by atoms with E-state index in [1.54, 1.807) is 0 Å². The molecule has 0 radical (unpaired) electrons. The summed E-state index contributed by atoms with van der Waals surface area (Å²) in [6.45, 7) is 3.10. The Morgan fingerprint density at radius 1 is 1.37 bits per heavy atom. The number of aliphatic hydroxyl groups excluding tert-OH is 1. The van der Waals surface area contributed by atoms with Crippen LogP contribution in [-0.4, -0.2) is 34.8 Å². The third-order valence-electron chi connectivity index (χ3n) is 6.34. The van der Waals surface area contributed by atoms with Crippen molar-refractivity contribution in [2.75, 3.05) is 13.2 Å². The molecule has 2 bridgehead atoms. The molecule has 1 amide bonds. The number of hydrogen-bond acceptors (Lipinski definition) is 4. The Kier molecular flexibility index (Phi) is 5.19. The average Bonchev–Trinajstić information content (AvgIpc) is 3.00. The number of hydrogen-bond donors (Lipinski definition) is 3. The number of nitrogens with zero attached hydrogens (tertiary/aromatic N) is 1. The number of pyridine rings is 1. The monoisotopic (exact) mass is 371 g/mol. The minimum atomic E-state index is -0.348. The first-order valence-corrected chi connectivity index (χ1v) is 10.2. The SMILES string of the molecule is CCCNC(=O)[C@@H]1[C@@H](CO)[C@@H]2Cn3c(ccc(C4=CCCCC4)c3=O)[C@H]1N2. The summed E-state index contributed by atoms with van der Waals surface area (Å²) in [6.07, 6.45) is 7.39. The van der Waals surface area contributed by atoms with Crippen LogP contribution in [0.1, 0.15) is 56.3 Å². The zero-order valence-electron chi connectivity index (χ0n) is 15.9. The summed E-state index contributed by atoms with van der Waals surface area (Å²) in [6, 6.07) is 3.65. The van der Waals surface area contributed by atoms with E-state index in [4.69, 9.17) is 0 Å². The minimum absolute atomic E-state index is 0.0316. The quantitative estimate of drug-likeness (QED) is 0.734. The lowest BCUT2D eigenvalue weighted by Gasteiger charge is -2.28. The van der Waals surface area contributed by atoms with Crippen molar-refractivity contribution in [2.24, 2.45) is 11.8 Å². The third-order valence-corrected chi connectivity index (χ3v) is 6.34. The van der Waals surface area contributed by atoms with E-state index < -0.39 is 0 Å². The summed E-state index contributed by atoms with van der Waals surface area (Å²) in [5.74, 6) is -0.557. The second-order valence-electron chi connectivity index (χ2n) is 7.98. The van der Waals surface area contributed by atoms with E-state index in [1.165, 1.54) is 6.42 Å². The molecule has 3 heterocycles. The molecule has 27 heavy (non-hydrogen) atoms. The van der Waals surface area contributed by atoms with Gasteiger partial charge in [0, 0.05) is 42.9 Å². The van der Waals surface area contributed by atoms with Gasteiger partial charge in [-0.2, -0.15) is 0 Å². The molecule has 1 saturated heterocycles. The van der Waals surface area contributed by atoms with Gasteiger partial charge in [0.25, 0.3) is 5.56 Å². The lowest BCUT2D eigenvalue weighted by atomic mass is 9.86. The van der Waals surface area contributed by atoms with Crippen LogP contribution in [0.5, 0.6) is 0 Å². The summed E-state index contributed by atoms with van der Waals surface area (Å²) < 4.78 is 1.84. The Bertz CT molecular complexity index is 813. The second-order valence-corrected chi connectivity index (χ2v) is 7.98. The fourth-order valence-electron chi connectivity index (χ4n) is 4.94. The van der Waals surface area contributed by atoms with Gasteiger partial charge in [0.15, 0.2) is 0 Å². The molecule has 146 valence electrons. The molecular formula is C21H29N3O3. The van der Waals surface area contributed by atoms with E-state index in [9.17, 15) is 14.7 Å². The van der Waals surface area contributed by atoms with E-state index in [-0.39, 0.29) is 42.0 Å². The van der Waals surface area contributed by atoms with Crippen LogP contribution in [0.4, 0.5) is 0 Å². The Morgan fingerprint density at radius 2 is 2.22 bits per heavy atom. The van der Waals surface area contributed by atoms with E-state index in [1.807, 2.05) is 23.6 Å². The molecule has 4 rings (SSSR count). The van der Waals surface area contributed by atoms with Crippen molar-refractivity contribution in [1.29, 1.82) is 0 Å². The van der Waals surface area contributed by atoms with Crippen molar-refractivity contribution >= 4 is 11.5 Å². The largest absolute Gasteiger partial charge is 0.396 e. The van der Waals surface area contributed by atoms with Gasteiger partial charge in [-0.25, -0.2) is 0 Å². The van der Waals surface area contributed by atoms with E-state index >= 15 is 0 Å². The predicted molar refractivity (Wildman–Crippen MR) is 104 cm³/mol. The maximum absolute atomic E-state index is 13.2. The van der Waals surface area contributed by atoms with E-state index in [2.05, 4.69) is 16.7 Å². The van der Waals surface area contributed by atoms with Gasteiger partial charge >= 0.3 is 0 Å². The number of amides is 1. The van der Waals surface area contributed by atoms with Crippen LogP contribution in [0, 0.1) is 11.8 Å². The molecule has 3 N–H and O–H groups in total. The molecule has 1 aromatic heterocycles. The van der Waals surface area contributed by atoms with Gasteiger partial charge in [0.2, 0.25) is 5.91 Å². The smallest absolute Gasteiger partial charge is 0.258 e. The van der Waals surface area contributed by atoms with Crippen molar-refractivity contribution in [1.82, 2.24) is 15.2 Å². The normalized spacial score (nSPS) is 29.2. The summed E-state index contributed by atoms with van der Waals surface area (Å²) in [5, 5.41) is 16.4. The number of allylic oxidation sites excluding steroid dienone is 2. The molecule has 4 atom stereocenters. The Hall–Kier alpha value is -1.92. The first-order chi connectivity index (χ1) is 13.2. The Morgan fingerprint density at radius 3 is 2.93 bits per heavy atom. The number of carbonyl (C=O) groups excluding carboxylic acids is 1. The summed E-state index contributed by atoms with van der Waals surface area (Å²) in [4.78, 5) is 26.0. The van der Waals surface area contributed by atoms with Gasteiger partial charge < -0.3 is 20.3 Å². The summed E-state index contributed by atoms with van der Waals surface area (Å²) in [7, 11) is 0. The number of nitrogens with one attached hydrogen (secondary N) is 2. The van der Waals surface area contributed by atoms with Crippen molar-refractivity contribution in [2.45, 2.75) is 57.7 Å². The van der Waals surface area contributed by atoms with Gasteiger partial charge in [-0.05, 0) is 49.8 Å². The fourth-order valence-corrected chi connectivity index (χ4v) is 4.94. The molecular weight excluding hydrogens is 342 g/mol. The molecule has 6 nitrogen and oxygen atoms in total. The first-order valence-electron chi connectivity index (χ1n) is 10.2. The minimum Gasteiger partial charge on any atom is -0.396 e. The van der Waals surface area contributed by atoms with Crippen LogP contribution in [0.15, 0.2) is 23.0 Å². The predicted octanol–water partition coefficient (Wildman–Crippen LogP) is 1.58. The first kappa shape index (κ1) is 18.4. The molecule has 6 heteroatoms. The van der Waals surface area contributed by atoms with Crippen LogP contribution in [-0.2, 0) is 11.3 Å². The molecule has 0 aromatic carbocycles. The highest BCUT2D eigenvalue weighted by molar-refractivity contribution is 5.80. The van der Waals surface area contributed by atoms with E-state index in [0.717, 1.165) is 42.5 Å². The lowest BCUT2D eigenvalue weighted by molar-refractivity contribution is -0.127. The number of carbonyl (C=O) groups is 1. The van der Waals surface area contributed by atoms with Gasteiger partial charge in [0.1, 0.15) is 0 Å². The van der Waals surface area contributed by atoms with Gasteiger partial charge in [-0.1, -0.05) is 13.0 Å². The molecule has 0 saturated carbocycles. The number of fused-ring (bicyclic) bond motifs is 4. The zero-order valence-corrected chi connectivity index (χ0v) is 15.9. The fraction of sp³-hybridized carbons (Fsp3) is 0.619. The second kappa shape index (κ2) is 7.60. The maximum Gasteiger partial charge on any atom is 0.258 e. The molecule has 1 aromatic rings. The van der Waals surface area contributed by atoms with Crippen LogP contribution in [0.25, 0.3) is 5.57 Å². The average molecular weight is 371 g/mol. The molecule has 1 aliphatic carbocycles. The highest BCUT2D eigenvalue weighted by Gasteiger charge is 2.50. The standard InChI is InChI=1S/C21H29N3O3/c1-2-10-22-20(26)18-15(12-25)16-11-24-17(19(18)23-16)9-8-14(21(24)27)13-6-4-3-5-7-13/h6,8-9,15-16,18-19,23,25H,2-5,7,10-12H2,1H3,(H,22,26)/t15-,16-,18+,19+/m0/s1. The highest BCUT2D eigenvalue weighted by Crippen LogP contribution is 2.41. The molecule has 0 unspecified atom stereocenters. The Balaban J connectivity index is 1.71. The summed E-state index contributed by atoms with van der Waals surface area (Å²) >= 11 is 0. The van der Waals surface area contributed by atoms with Gasteiger partial charge in [0.05, 0.1) is 12.0 Å². The Labute approximate surface area is 159 Å². The number of aliphatic hydroxyl groups is 1. The molecule has 2 aliphatic heterocycles. The topological polar surface area (TPSA) is 83.4 Å². The maximum atomic E-state index is 13.2. The van der Waals surface area contributed by atoms with Crippen LogP contribution >= 0.6 is 0 Å². The third kappa shape index (κ3) is 3.15. The van der Waals surface area contributed by atoms with Gasteiger partial charge in [-0.3, -0.25) is 9.59 Å². The van der Waals surface area contributed by atoms with Crippen molar-refractivity contribution in [3.05, 3.63) is 39.8 Å². The highest BCUT2D eigenvalue weighted by atomic mass is 16.3. The lowest BCUT2D eigenvalue weighted by Crippen LogP contribution is -2.44. The van der Waals surface area contributed by atoms with Crippen LogP contribution < -0.4 is 16.2 Å². The van der Waals surface area contributed by atoms with Crippen LogP contribution in [0.3, 0.4) is 0 Å². The molecule has 3 aliphatic rings. The molecule has 1 fully saturated rings. The molecule has 0 spiro atoms. The van der Waals surface area contributed by atoms with Crippen LogP contribution in [0.2, 0.25) is 0 Å². The van der Waals surface area contributed by atoms with Crippen molar-refractivity contribution in [3.63, 3.8) is 0 Å².